The average molecular weight is 269 g/mol. The zero-order chi connectivity index (χ0) is 14.6. The summed E-state index contributed by atoms with van der Waals surface area (Å²) >= 11 is 0. The van der Waals surface area contributed by atoms with Crippen molar-refractivity contribution < 1.29 is 9.53 Å². The molecule has 3 atom stereocenters. The van der Waals surface area contributed by atoms with Crippen molar-refractivity contribution in [1.29, 1.82) is 0 Å². The Labute approximate surface area is 118 Å². The van der Waals surface area contributed by atoms with E-state index in [4.69, 9.17) is 4.74 Å². The van der Waals surface area contributed by atoms with Crippen LogP contribution in [-0.4, -0.2) is 42.0 Å². The van der Waals surface area contributed by atoms with E-state index in [0.29, 0.717) is 17.7 Å². The number of rotatable bonds is 7. The molecule has 1 fully saturated rings. The molecule has 0 aromatic rings. The first-order chi connectivity index (χ1) is 8.88. The number of hydrogen-bond acceptors (Lipinski definition) is 3. The lowest BCUT2D eigenvalue weighted by Crippen LogP contribution is -2.48. The van der Waals surface area contributed by atoms with Crippen molar-refractivity contribution in [3.63, 3.8) is 0 Å². The van der Waals surface area contributed by atoms with Gasteiger partial charge in [-0.3, -0.25) is 9.69 Å². The van der Waals surface area contributed by atoms with Crippen LogP contribution in [-0.2, 0) is 9.53 Å². The summed E-state index contributed by atoms with van der Waals surface area (Å²) in [5.41, 5.74) is 0. The largest absolute Gasteiger partial charge is 0.376 e. The maximum absolute atomic E-state index is 12.6. The van der Waals surface area contributed by atoms with Crippen LogP contribution in [0.25, 0.3) is 0 Å². The number of carbonyl (C=O) groups is 1. The van der Waals surface area contributed by atoms with Crippen LogP contribution in [0.15, 0.2) is 0 Å². The average Bonchev–Trinajstić information content (AvgIpc) is 2.78. The molecule has 0 aliphatic carbocycles. The Morgan fingerprint density at radius 3 is 2.37 bits per heavy atom. The van der Waals surface area contributed by atoms with Gasteiger partial charge in [0.25, 0.3) is 0 Å². The normalized spacial score (nSPS) is 26.3. The zero-order valence-corrected chi connectivity index (χ0v) is 13.5. The minimum absolute atomic E-state index is 0.0336. The highest BCUT2D eigenvalue weighted by Gasteiger charge is 2.42. The fourth-order valence-electron chi connectivity index (χ4n) is 2.70. The molecule has 0 N–H and O–H groups in total. The molecule has 1 aliphatic heterocycles. The number of ether oxygens (including phenoxy) is 1. The van der Waals surface area contributed by atoms with E-state index < -0.39 is 0 Å². The van der Waals surface area contributed by atoms with Gasteiger partial charge >= 0.3 is 0 Å². The lowest BCUT2D eigenvalue weighted by molar-refractivity contribution is -0.131. The first kappa shape index (κ1) is 16.6. The Bertz CT molecular complexity index is 288. The monoisotopic (exact) mass is 269 g/mol. The van der Waals surface area contributed by atoms with Crippen LogP contribution < -0.4 is 0 Å². The molecule has 3 heteroatoms. The fraction of sp³-hybridized carbons (Fsp3) is 0.938. The minimum atomic E-state index is -0.0336. The number of Topliss-reactive ketones (excluding diaryl/α,β-unsaturated/α-hetero) is 1. The van der Waals surface area contributed by atoms with Crippen LogP contribution in [0.2, 0.25) is 0 Å². The third-order valence-electron chi connectivity index (χ3n) is 4.08. The Morgan fingerprint density at radius 1 is 1.26 bits per heavy atom. The smallest absolute Gasteiger partial charge is 0.155 e. The molecule has 0 spiro atoms. The van der Waals surface area contributed by atoms with E-state index in [1.165, 1.54) is 0 Å². The predicted octanol–water partition coefficient (Wildman–Crippen LogP) is 3.13. The van der Waals surface area contributed by atoms with Crippen LogP contribution in [0.5, 0.6) is 0 Å². The number of carbonyl (C=O) groups excluding carboxylic acids is 1. The molecular formula is C16H31NO2. The van der Waals surface area contributed by atoms with Crippen molar-refractivity contribution in [3.05, 3.63) is 0 Å². The van der Waals surface area contributed by atoms with Crippen LogP contribution >= 0.6 is 0 Å². The van der Waals surface area contributed by atoms with E-state index in [9.17, 15) is 4.79 Å². The first-order valence-corrected chi connectivity index (χ1v) is 7.79. The van der Waals surface area contributed by atoms with E-state index in [0.717, 1.165) is 26.0 Å². The third-order valence-corrected chi connectivity index (χ3v) is 4.08. The quantitative estimate of drug-likeness (QED) is 0.711. The second kappa shape index (κ2) is 7.39. The molecule has 1 heterocycles. The van der Waals surface area contributed by atoms with Crippen LogP contribution in [0, 0.1) is 11.8 Å². The number of nitrogens with zero attached hydrogens (tertiary/aromatic N) is 1. The van der Waals surface area contributed by atoms with Gasteiger partial charge in [0.15, 0.2) is 5.78 Å². The summed E-state index contributed by atoms with van der Waals surface area (Å²) in [6.45, 7) is 14.5. The van der Waals surface area contributed by atoms with Crippen molar-refractivity contribution in [2.24, 2.45) is 11.8 Å². The number of hydrogen-bond donors (Lipinski definition) is 0. The lowest BCUT2D eigenvalue weighted by atomic mass is 9.94. The molecule has 1 aliphatic rings. The lowest BCUT2D eigenvalue weighted by Gasteiger charge is -2.31. The molecule has 112 valence electrons. The highest BCUT2D eigenvalue weighted by Crippen LogP contribution is 2.27. The van der Waals surface area contributed by atoms with Gasteiger partial charge < -0.3 is 4.74 Å². The third kappa shape index (κ3) is 4.28. The molecule has 1 saturated heterocycles. The summed E-state index contributed by atoms with van der Waals surface area (Å²) in [5, 5.41) is 0. The van der Waals surface area contributed by atoms with Crippen LogP contribution in [0.3, 0.4) is 0 Å². The van der Waals surface area contributed by atoms with Gasteiger partial charge in [0, 0.05) is 25.1 Å². The molecule has 3 nitrogen and oxygen atoms in total. The van der Waals surface area contributed by atoms with Gasteiger partial charge in [-0.15, -0.1) is 0 Å². The summed E-state index contributed by atoms with van der Waals surface area (Å²) in [6.07, 6.45) is 1.99. The zero-order valence-electron chi connectivity index (χ0n) is 13.5. The van der Waals surface area contributed by atoms with Crippen molar-refractivity contribution in [2.75, 3.05) is 13.2 Å². The van der Waals surface area contributed by atoms with Crippen LogP contribution in [0.1, 0.15) is 54.4 Å². The topological polar surface area (TPSA) is 29.5 Å². The van der Waals surface area contributed by atoms with Crippen LogP contribution in [0.4, 0.5) is 0 Å². The van der Waals surface area contributed by atoms with E-state index in [-0.39, 0.29) is 18.1 Å². The minimum Gasteiger partial charge on any atom is -0.376 e. The summed E-state index contributed by atoms with van der Waals surface area (Å²) in [5.74, 6) is 1.02. The number of likely N-dealkylation sites (tertiary alicyclic amines) is 1. The second-order valence-corrected chi connectivity index (χ2v) is 6.54. The van der Waals surface area contributed by atoms with Gasteiger partial charge in [0.05, 0.1) is 12.1 Å². The van der Waals surface area contributed by atoms with E-state index >= 15 is 0 Å². The predicted molar refractivity (Wildman–Crippen MR) is 79.3 cm³/mol. The van der Waals surface area contributed by atoms with Gasteiger partial charge in [-0.2, -0.15) is 0 Å². The Kier molecular flexibility index (Phi) is 6.48. The van der Waals surface area contributed by atoms with Crippen molar-refractivity contribution in [3.8, 4) is 0 Å². The molecule has 0 amide bonds. The summed E-state index contributed by atoms with van der Waals surface area (Å²) in [6, 6.07) is 0.374. The fourth-order valence-corrected chi connectivity index (χ4v) is 2.70. The molecule has 0 aromatic carbocycles. The van der Waals surface area contributed by atoms with Crippen molar-refractivity contribution in [1.82, 2.24) is 4.90 Å². The van der Waals surface area contributed by atoms with E-state index in [1.54, 1.807) is 0 Å². The molecular weight excluding hydrogens is 238 g/mol. The molecule has 19 heavy (non-hydrogen) atoms. The number of ketones is 1. The molecule has 0 radical (unpaired) electrons. The Balaban J connectivity index is 2.77. The Morgan fingerprint density at radius 2 is 1.89 bits per heavy atom. The second-order valence-electron chi connectivity index (χ2n) is 6.54. The standard InChI is InChI=1S/C16H31NO2/c1-7-13(6)16(18)15-14(19-10-11(2)3)8-9-17(15)12(4)5/h11-15H,7-10H2,1-6H3/t13?,14-,15+/m1/s1. The molecule has 0 saturated carbocycles. The highest BCUT2D eigenvalue weighted by molar-refractivity contribution is 5.87. The van der Waals surface area contributed by atoms with Gasteiger partial charge in [0.1, 0.15) is 0 Å². The summed E-state index contributed by atoms with van der Waals surface area (Å²) in [4.78, 5) is 14.9. The van der Waals surface area contributed by atoms with Crippen molar-refractivity contribution in [2.45, 2.75) is 72.6 Å². The first-order valence-electron chi connectivity index (χ1n) is 7.79. The SMILES string of the molecule is CCC(C)C(=O)[C@@H]1[C@H](OCC(C)C)CCN1C(C)C. The highest BCUT2D eigenvalue weighted by atomic mass is 16.5. The molecule has 0 aromatic heterocycles. The molecule has 1 rings (SSSR count). The Hall–Kier alpha value is -0.410. The van der Waals surface area contributed by atoms with E-state index in [2.05, 4.69) is 39.5 Å². The summed E-state index contributed by atoms with van der Waals surface area (Å²) in [7, 11) is 0. The van der Waals surface area contributed by atoms with Gasteiger partial charge in [0.2, 0.25) is 0 Å². The maximum atomic E-state index is 12.6. The molecule has 1 unspecified atom stereocenters. The van der Waals surface area contributed by atoms with Crippen molar-refractivity contribution >= 4 is 5.78 Å². The van der Waals surface area contributed by atoms with Gasteiger partial charge in [-0.1, -0.05) is 27.7 Å². The maximum Gasteiger partial charge on any atom is 0.155 e. The van der Waals surface area contributed by atoms with E-state index in [1.807, 2.05) is 6.92 Å². The van der Waals surface area contributed by atoms with Gasteiger partial charge in [-0.05, 0) is 32.6 Å². The summed E-state index contributed by atoms with van der Waals surface area (Å²) < 4.78 is 6.01. The molecule has 0 bridgehead atoms. The van der Waals surface area contributed by atoms with Gasteiger partial charge in [-0.25, -0.2) is 0 Å².